The molecule has 2 heterocycles. The monoisotopic (exact) mass is 530 g/mol. The van der Waals surface area contributed by atoms with E-state index in [1.54, 1.807) is 13.3 Å². The number of pyridine rings is 1. The molecule has 0 bridgehead atoms. The normalized spacial score (nSPS) is 22.7. The van der Waals surface area contributed by atoms with Gasteiger partial charge in [0.2, 0.25) is 0 Å². The first-order chi connectivity index (χ1) is 17.9. The number of aromatic nitrogens is 1. The lowest BCUT2D eigenvalue weighted by Gasteiger charge is -2.29. The molecule has 4 rings (SSSR count). The summed E-state index contributed by atoms with van der Waals surface area (Å²) in [6, 6.07) is 12.2. The number of carboxylic acids is 3. The van der Waals surface area contributed by atoms with Crippen molar-refractivity contribution in [2.45, 2.75) is 50.4 Å². The number of aryl methyl sites for hydroxylation is 1. The number of likely N-dealkylation sites (tertiary alicyclic amines) is 1. The molecule has 2 fully saturated rings. The standard InChI is InChI=1S/C21H26N2O2.C6H8O7/c1-15-6-7-19(25-2)17(11-15)13-23-12-16-8-9-21(24,18(16)14-23)20-5-3-4-10-22-20;7-3(8)1-6(13,5(11)12)2-4(9)10/h3-7,10-11,16,18,24H,8-9,12-14H2,1-2H3;13H,1-2H2,(H,7,8)(H,9,10)(H,11,12). The zero-order valence-electron chi connectivity index (χ0n) is 21.4. The van der Waals surface area contributed by atoms with Crippen LogP contribution in [0.2, 0.25) is 0 Å². The molecule has 0 spiro atoms. The number of hydrogen-bond acceptors (Lipinski definition) is 8. The summed E-state index contributed by atoms with van der Waals surface area (Å²) in [5.41, 5.74) is -0.212. The molecule has 38 heavy (non-hydrogen) atoms. The van der Waals surface area contributed by atoms with Gasteiger partial charge in [-0.25, -0.2) is 4.79 Å². The van der Waals surface area contributed by atoms with Gasteiger partial charge in [0.25, 0.3) is 0 Å². The summed E-state index contributed by atoms with van der Waals surface area (Å²) < 4.78 is 5.53. The highest BCUT2D eigenvalue weighted by Gasteiger charge is 2.53. The Kier molecular flexibility index (Phi) is 9.08. The minimum absolute atomic E-state index is 0.262. The van der Waals surface area contributed by atoms with E-state index in [1.165, 1.54) is 11.1 Å². The summed E-state index contributed by atoms with van der Waals surface area (Å²) in [7, 11) is 1.73. The predicted molar refractivity (Wildman–Crippen MR) is 134 cm³/mol. The first-order valence-electron chi connectivity index (χ1n) is 12.3. The van der Waals surface area contributed by atoms with Gasteiger partial charge < -0.3 is 30.3 Å². The molecular formula is C27H34N2O9. The maximum Gasteiger partial charge on any atom is 0.336 e. The Bertz CT molecular complexity index is 1140. The van der Waals surface area contributed by atoms with Gasteiger partial charge in [-0.2, -0.15) is 0 Å². The van der Waals surface area contributed by atoms with Crippen LogP contribution in [-0.2, 0) is 26.5 Å². The number of aliphatic carboxylic acids is 3. The topological polar surface area (TPSA) is 178 Å². The second-order valence-electron chi connectivity index (χ2n) is 10.0. The van der Waals surface area contributed by atoms with Crippen LogP contribution in [0.3, 0.4) is 0 Å². The minimum atomic E-state index is -2.74. The third kappa shape index (κ3) is 6.66. The Morgan fingerprint density at radius 3 is 2.34 bits per heavy atom. The second-order valence-corrected chi connectivity index (χ2v) is 10.0. The first-order valence-corrected chi connectivity index (χ1v) is 12.3. The van der Waals surface area contributed by atoms with Crippen LogP contribution in [0, 0.1) is 18.8 Å². The molecule has 3 atom stereocenters. The molecule has 1 aliphatic carbocycles. The van der Waals surface area contributed by atoms with E-state index in [4.69, 9.17) is 25.2 Å². The molecule has 1 saturated carbocycles. The zero-order chi connectivity index (χ0) is 28.1. The lowest BCUT2D eigenvalue weighted by atomic mass is 9.85. The quantitative estimate of drug-likeness (QED) is 0.320. The Hall–Kier alpha value is -3.54. The summed E-state index contributed by atoms with van der Waals surface area (Å²) in [5, 5.41) is 45.2. The van der Waals surface area contributed by atoms with Gasteiger partial charge in [-0.1, -0.05) is 23.8 Å². The van der Waals surface area contributed by atoms with E-state index < -0.39 is 42.0 Å². The number of ether oxygens (including phenoxy) is 1. The van der Waals surface area contributed by atoms with Gasteiger partial charge in [-0.05, 0) is 43.9 Å². The van der Waals surface area contributed by atoms with E-state index >= 15 is 0 Å². The summed E-state index contributed by atoms with van der Waals surface area (Å²) in [5.74, 6) is -3.27. The molecule has 0 radical (unpaired) electrons. The van der Waals surface area contributed by atoms with E-state index in [0.29, 0.717) is 5.92 Å². The number of nitrogens with zero attached hydrogens (tertiary/aromatic N) is 2. The number of aliphatic hydroxyl groups is 2. The molecular weight excluding hydrogens is 496 g/mol. The largest absolute Gasteiger partial charge is 0.496 e. The van der Waals surface area contributed by atoms with E-state index in [2.05, 4.69) is 28.9 Å². The highest BCUT2D eigenvalue weighted by Crippen LogP contribution is 2.50. The van der Waals surface area contributed by atoms with Crippen LogP contribution in [0.4, 0.5) is 0 Å². The average Bonchev–Trinajstić information content (AvgIpc) is 3.39. The van der Waals surface area contributed by atoms with E-state index in [9.17, 15) is 19.5 Å². The van der Waals surface area contributed by atoms with E-state index in [1.807, 2.05) is 24.3 Å². The summed E-state index contributed by atoms with van der Waals surface area (Å²) in [6.45, 7) is 4.93. The molecule has 1 aromatic heterocycles. The molecule has 5 N–H and O–H groups in total. The van der Waals surface area contributed by atoms with Crippen molar-refractivity contribution < 1.29 is 44.7 Å². The zero-order valence-corrected chi connectivity index (χ0v) is 21.4. The number of rotatable bonds is 9. The number of carboxylic acid groups (broad SMARTS) is 3. The Morgan fingerprint density at radius 1 is 1.11 bits per heavy atom. The Morgan fingerprint density at radius 2 is 1.79 bits per heavy atom. The molecule has 1 saturated heterocycles. The van der Waals surface area contributed by atoms with Crippen molar-refractivity contribution in [3.63, 3.8) is 0 Å². The lowest BCUT2D eigenvalue weighted by molar-refractivity contribution is -0.170. The molecule has 206 valence electrons. The van der Waals surface area contributed by atoms with Crippen molar-refractivity contribution >= 4 is 17.9 Å². The maximum atomic E-state index is 11.3. The molecule has 3 unspecified atom stereocenters. The van der Waals surface area contributed by atoms with Crippen LogP contribution < -0.4 is 4.74 Å². The SMILES string of the molecule is COc1ccc(C)cc1CN1CC2CCC(O)(c3ccccn3)C2C1.O=C(O)CC(O)(CC(=O)O)C(=O)O. The van der Waals surface area contributed by atoms with Gasteiger partial charge >= 0.3 is 17.9 Å². The Labute approximate surface area is 220 Å². The number of methoxy groups -OCH3 is 1. The number of carbonyl (C=O) groups is 3. The second kappa shape index (κ2) is 11.9. The van der Waals surface area contributed by atoms with Gasteiger partial charge in [-0.15, -0.1) is 0 Å². The third-order valence-electron chi connectivity index (χ3n) is 7.25. The van der Waals surface area contributed by atoms with Crippen LogP contribution in [0.1, 0.15) is 42.5 Å². The summed E-state index contributed by atoms with van der Waals surface area (Å²) in [6.07, 6.45) is 1.38. The van der Waals surface area contributed by atoms with Crippen molar-refractivity contribution in [2.75, 3.05) is 20.2 Å². The first kappa shape index (κ1) is 29.0. The fraction of sp³-hybridized carbons (Fsp3) is 0.481. The van der Waals surface area contributed by atoms with Crippen LogP contribution in [-0.4, -0.2) is 79.1 Å². The fourth-order valence-electron chi connectivity index (χ4n) is 5.44. The van der Waals surface area contributed by atoms with Gasteiger partial charge in [0.15, 0.2) is 5.60 Å². The van der Waals surface area contributed by atoms with Crippen LogP contribution in [0.5, 0.6) is 5.75 Å². The number of fused-ring (bicyclic) bond motifs is 1. The predicted octanol–water partition coefficient (Wildman–Crippen LogP) is 1.88. The number of benzene rings is 1. The molecule has 11 heteroatoms. The smallest absolute Gasteiger partial charge is 0.336 e. The minimum Gasteiger partial charge on any atom is -0.496 e. The van der Waals surface area contributed by atoms with Gasteiger partial charge in [0, 0.05) is 37.3 Å². The lowest BCUT2D eigenvalue weighted by Crippen LogP contribution is -2.42. The summed E-state index contributed by atoms with van der Waals surface area (Å²) >= 11 is 0. The van der Waals surface area contributed by atoms with Crippen molar-refractivity contribution in [3.8, 4) is 5.75 Å². The highest BCUT2D eigenvalue weighted by atomic mass is 16.5. The van der Waals surface area contributed by atoms with Crippen LogP contribution in [0.15, 0.2) is 42.6 Å². The van der Waals surface area contributed by atoms with Crippen LogP contribution >= 0.6 is 0 Å². The number of hydrogen-bond donors (Lipinski definition) is 5. The van der Waals surface area contributed by atoms with Gasteiger partial charge in [0.1, 0.15) is 11.4 Å². The van der Waals surface area contributed by atoms with Crippen molar-refractivity contribution in [1.82, 2.24) is 9.88 Å². The van der Waals surface area contributed by atoms with E-state index in [-0.39, 0.29) is 5.92 Å². The van der Waals surface area contributed by atoms with Crippen molar-refractivity contribution in [3.05, 3.63) is 59.4 Å². The maximum absolute atomic E-state index is 11.3. The molecule has 11 nitrogen and oxygen atoms in total. The summed E-state index contributed by atoms with van der Waals surface area (Å²) in [4.78, 5) is 37.4. The van der Waals surface area contributed by atoms with Crippen molar-refractivity contribution in [2.24, 2.45) is 11.8 Å². The van der Waals surface area contributed by atoms with Gasteiger partial charge in [0.05, 0.1) is 25.6 Å². The van der Waals surface area contributed by atoms with Crippen molar-refractivity contribution in [1.29, 1.82) is 0 Å². The molecule has 2 aliphatic rings. The van der Waals surface area contributed by atoms with Crippen LogP contribution in [0.25, 0.3) is 0 Å². The molecule has 2 aromatic rings. The average molecular weight is 531 g/mol. The van der Waals surface area contributed by atoms with E-state index in [0.717, 1.165) is 43.9 Å². The Balaban J connectivity index is 0.000000263. The third-order valence-corrected chi connectivity index (χ3v) is 7.25. The fourth-order valence-corrected chi connectivity index (χ4v) is 5.44. The molecule has 1 aliphatic heterocycles. The van der Waals surface area contributed by atoms with Gasteiger partial charge in [-0.3, -0.25) is 19.5 Å². The highest BCUT2D eigenvalue weighted by molar-refractivity contribution is 5.88. The molecule has 0 amide bonds. The molecule has 1 aromatic carbocycles.